The number of rotatable bonds is 7. The zero-order valence-corrected chi connectivity index (χ0v) is 18.0. The van der Waals surface area contributed by atoms with Gasteiger partial charge in [0.25, 0.3) is 5.56 Å². The largest absolute Gasteiger partial charge is 0.462 e. The minimum absolute atomic E-state index is 0.0704. The number of aromatic amines is 1. The SMILES string of the molecule is CCOC(=O)c1c(C)[nH]c(C)c1C(=O)CSc1nc2ccccc2c(=O)n1C1CC1. The van der Waals surface area contributed by atoms with Crippen LogP contribution in [-0.4, -0.2) is 38.6 Å². The highest BCUT2D eigenvalue weighted by atomic mass is 32.2. The number of aromatic nitrogens is 3. The van der Waals surface area contributed by atoms with Gasteiger partial charge in [0.1, 0.15) is 0 Å². The standard InChI is InChI=1S/C22H23N3O4S/c1-4-29-21(28)19-13(3)23-12(2)18(19)17(26)11-30-22-24-16-8-6-5-7-15(16)20(27)25(22)14-9-10-14/h5-8,14,23H,4,9-11H2,1-3H3. The maximum Gasteiger partial charge on any atom is 0.340 e. The number of Topliss-reactive ketones (excluding diaryl/α,β-unsaturated/α-hetero) is 1. The van der Waals surface area contributed by atoms with Gasteiger partial charge in [-0.15, -0.1) is 0 Å². The summed E-state index contributed by atoms with van der Waals surface area (Å²) in [6.07, 6.45) is 1.87. The average Bonchev–Trinajstić information content (AvgIpc) is 3.50. The summed E-state index contributed by atoms with van der Waals surface area (Å²) in [7, 11) is 0. The fourth-order valence-electron chi connectivity index (χ4n) is 3.67. The van der Waals surface area contributed by atoms with Crippen molar-refractivity contribution in [1.29, 1.82) is 0 Å². The van der Waals surface area contributed by atoms with Crippen LogP contribution in [0.3, 0.4) is 0 Å². The molecule has 8 heteroatoms. The normalized spacial score (nSPS) is 13.6. The van der Waals surface area contributed by atoms with Gasteiger partial charge in [0.05, 0.1) is 34.4 Å². The van der Waals surface area contributed by atoms with Crippen LogP contribution >= 0.6 is 11.8 Å². The monoisotopic (exact) mass is 425 g/mol. The second-order valence-corrected chi connectivity index (χ2v) is 8.32. The molecule has 2 heterocycles. The van der Waals surface area contributed by atoms with E-state index in [1.807, 2.05) is 12.1 Å². The third-order valence-corrected chi connectivity index (χ3v) is 6.11. The molecule has 0 aliphatic heterocycles. The van der Waals surface area contributed by atoms with Gasteiger partial charge in [0.15, 0.2) is 10.9 Å². The summed E-state index contributed by atoms with van der Waals surface area (Å²) in [4.78, 5) is 46.1. The Balaban J connectivity index is 1.66. The van der Waals surface area contributed by atoms with Gasteiger partial charge in [0, 0.05) is 17.4 Å². The Morgan fingerprint density at radius 3 is 2.60 bits per heavy atom. The predicted octanol–water partition coefficient (Wildman–Crippen LogP) is 3.83. The van der Waals surface area contributed by atoms with Crippen molar-refractivity contribution in [3.05, 3.63) is 57.1 Å². The zero-order valence-electron chi connectivity index (χ0n) is 17.2. The molecule has 1 N–H and O–H groups in total. The molecule has 156 valence electrons. The first-order chi connectivity index (χ1) is 14.4. The number of aryl methyl sites for hydroxylation is 2. The highest BCUT2D eigenvalue weighted by Crippen LogP contribution is 2.37. The summed E-state index contributed by atoms with van der Waals surface area (Å²) in [6.45, 7) is 5.48. The first-order valence-electron chi connectivity index (χ1n) is 9.96. The molecule has 0 radical (unpaired) electrons. The molecule has 0 bridgehead atoms. The number of ketones is 1. The van der Waals surface area contributed by atoms with Gasteiger partial charge in [-0.3, -0.25) is 14.2 Å². The first kappa shape index (κ1) is 20.4. The lowest BCUT2D eigenvalue weighted by Gasteiger charge is -2.12. The Morgan fingerprint density at radius 1 is 1.20 bits per heavy atom. The average molecular weight is 426 g/mol. The van der Waals surface area contributed by atoms with E-state index in [1.54, 1.807) is 37.5 Å². The van der Waals surface area contributed by atoms with Gasteiger partial charge in [-0.25, -0.2) is 9.78 Å². The summed E-state index contributed by atoms with van der Waals surface area (Å²) < 4.78 is 6.83. The van der Waals surface area contributed by atoms with E-state index in [9.17, 15) is 14.4 Å². The fraction of sp³-hybridized carbons (Fsp3) is 0.364. The molecular weight excluding hydrogens is 402 g/mol. The van der Waals surface area contributed by atoms with Crippen LogP contribution in [0, 0.1) is 13.8 Å². The van der Waals surface area contributed by atoms with Crippen molar-refractivity contribution in [3.63, 3.8) is 0 Å². The molecule has 7 nitrogen and oxygen atoms in total. The number of ether oxygens (including phenoxy) is 1. The molecule has 3 aromatic rings. The second kappa shape index (κ2) is 8.10. The maximum atomic E-state index is 13.1. The maximum absolute atomic E-state index is 13.1. The van der Waals surface area contributed by atoms with Gasteiger partial charge in [0.2, 0.25) is 0 Å². The van der Waals surface area contributed by atoms with Gasteiger partial charge in [-0.2, -0.15) is 0 Å². The molecule has 1 aromatic carbocycles. The highest BCUT2D eigenvalue weighted by Gasteiger charge is 2.30. The summed E-state index contributed by atoms with van der Waals surface area (Å²) >= 11 is 1.24. The molecule has 0 saturated heterocycles. The Labute approximate surface area is 177 Å². The van der Waals surface area contributed by atoms with Crippen LogP contribution in [0.4, 0.5) is 0 Å². The number of fused-ring (bicyclic) bond motifs is 1. The Kier molecular flexibility index (Phi) is 5.51. The van der Waals surface area contributed by atoms with Crippen molar-refractivity contribution in [2.45, 2.75) is 44.8 Å². The Hall–Kier alpha value is -2.87. The van der Waals surface area contributed by atoms with Crippen molar-refractivity contribution in [1.82, 2.24) is 14.5 Å². The quantitative estimate of drug-likeness (QED) is 0.268. The van der Waals surface area contributed by atoms with Crippen LogP contribution in [0.2, 0.25) is 0 Å². The number of carbonyl (C=O) groups excluding carboxylic acids is 2. The van der Waals surface area contributed by atoms with Crippen molar-refractivity contribution in [3.8, 4) is 0 Å². The molecule has 2 aromatic heterocycles. The summed E-state index contributed by atoms with van der Waals surface area (Å²) in [5.41, 5.74) is 2.42. The summed E-state index contributed by atoms with van der Waals surface area (Å²) in [6, 6.07) is 7.39. The third-order valence-electron chi connectivity index (χ3n) is 5.15. The highest BCUT2D eigenvalue weighted by molar-refractivity contribution is 7.99. The number of hydrogen-bond donors (Lipinski definition) is 1. The number of esters is 1. The van der Waals surface area contributed by atoms with Gasteiger partial charge >= 0.3 is 5.97 Å². The molecule has 0 amide bonds. The number of nitrogens with one attached hydrogen (secondary N) is 1. The molecule has 1 fully saturated rings. The molecule has 1 aliphatic carbocycles. The molecule has 0 spiro atoms. The summed E-state index contributed by atoms with van der Waals surface area (Å²) in [5.74, 6) is -0.636. The lowest BCUT2D eigenvalue weighted by Crippen LogP contribution is -2.23. The second-order valence-electron chi connectivity index (χ2n) is 7.38. The van der Waals surface area contributed by atoms with E-state index < -0.39 is 5.97 Å². The number of benzene rings is 1. The Morgan fingerprint density at radius 2 is 1.90 bits per heavy atom. The van der Waals surface area contributed by atoms with E-state index in [0.29, 0.717) is 33.0 Å². The number of carbonyl (C=O) groups is 2. The molecule has 30 heavy (non-hydrogen) atoms. The van der Waals surface area contributed by atoms with Crippen LogP contribution in [0.1, 0.15) is 57.9 Å². The predicted molar refractivity (Wildman–Crippen MR) is 116 cm³/mol. The zero-order chi connectivity index (χ0) is 21.4. The number of thioether (sulfide) groups is 1. The molecule has 0 unspecified atom stereocenters. The molecule has 1 saturated carbocycles. The van der Waals surface area contributed by atoms with Gasteiger partial charge in [-0.1, -0.05) is 23.9 Å². The smallest absolute Gasteiger partial charge is 0.340 e. The first-order valence-corrected chi connectivity index (χ1v) is 10.9. The van der Waals surface area contributed by atoms with E-state index in [1.165, 1.54) is 11.8 Å². The van der Waals surface area contributed by atoms with Crippen LogP contribution in [-0.2, 0) is 4.74 Å². The van der Waals surface area contributed by atoms with E-state index in [4.69, 9.17) is 4.74 Å². The van der Waals surface area contributed by atoms with Gasteiger partial charge in [-0.05, 0) is 45.7 Å². The van der Waals surface area contributed by atoms with E-state index in [2.05, 4.69) is 9.97 Å². The van der Waals surface area contributed by atoms with Gasteiger partial charge < -0.3 is 9.72 Å². The lowest BCUT2D eigenvalue weighted by atomic mass is 10.1. The number of hydrogen-bond acceptors (Lipinski definition) is 6. The van der Waals surface area contributed by atoms with Crippen LogP contribution < -0.4 is 5.56 Å². The number of H-pyrrole nitrogens is 1. The van der Waals surface area contributed by atoms with Crippen LogP contribution in [0.5, 0.6) is 0 Å². The van der Waals surface area contributed by atoms with Crippen molar-refractivity contribution < 1.29 is 14.3 Å². The van der Waals surface area contributed by atoms with Crippen molar-refractivity contribution in [2.24, 2.45) is 0 Å². The minimum Gasteiger partial charge on any atom is -0.462 e. The van der Waals surface area contributed by atoms with E-state index >= 15 is 0 Å². The van der Waals surface area contributed by atoms with Crippen molar-refractivity contribution >= 4 is 34.4 Å². The Bertz CT molecular complexity index is 1210. The molecular formula is C22H23N3O4S. The molecule has 1 aliphatic rings. The van der Waals surface area contributed by atoms with E-state index in [-0.39, 0.29) is 35.3 Å². The minimum atomic E-state index is -0.508. The summed E-state index contributed by atoms with van der Waals surface area (Å²) in [5, 5.41) is 1.12. The lowest BCUT2D eigenvalue weighted by molar-refractivity contribution is 0.0522. The number of nitrogens with zero attached hydrogens (tertiary/aromatic N) is 2. The van der Waals surface area contributed by atoms with Crippen LogP contribution in [0.15, 0.2) is 34.2 Å². The molecule has 0 atom stereocenters. The molecule has 4 rings (SSSR count). The topological polar surface area (TPSA) is 94.1 Å². The van der Waals surface area contributed by atoms with Crippen molar-refractivity contribution in [2.75, 3.05) is 12.4 Å². The fourth-order valence-corrected chi connectivity index (χ4v) is 4.61. The van der Waals surface area contributed by atoms with E-state index in [0.717, 1.165) is 12.8 Å². The third kappa shape index (κ3) is 3.67. The van der Waals surface area contributed by atoms with Crippen LogP contribution in [0.25, 0.3) is 10.9 Å². The number of para-hydroxylation sites is 1.